The zero-order valence-corrected chi connectivity index (χ0v) is 17.6. The normalized spacial score (nSPS) is 12.1. The van der Waals surface area contributed by atoms with Crippen LogP contribution in [0.25, 0.3) is 10.3 Å². The van der Waals surface area contributed by atoms with Crippen molar-refractivity contribution in [3.05, 3.63) is 39.3 Å². The molecule has 3 N–H and O–H groups in total. The van der Waals surface area contributed by atoms with Crippen LogP contribution >= 0.6 is 39.0 Å². The van der Waals surface area contributed by atoms with Crippen molar-refractivity contribution in [1.82, 2.24) is 20.3 Å². The number of nitrogens with one attached hydrogen (secondary N) is 2. The van der Waals surface area contributed by atoms with Gasteiger partial charge in [-0.25, -0.2) is 28.5 Å². The average molecular weight is 490 g/mol. The lowest BCUT2D eigenvalue weighted by Crippen LogP contribution is -2.33. The van der Waals surface area contributed by atoms with Crippen LogP contribution in [0.1, 0.15) is 12.5 Å². The van der Waals surface area contributed by atoms with Crippen LogP contribution in [0.5, 0.6) is 0 Å². The summed E-state index contributed by atoms with van der Waals surface area (Å²) in [6.07, 6.45) is -1.12. The summed E-state index contributed by atoms with van der Waals surface area (Å²) in [6, 6.07) is 3.77. The van der Waals surface area contributed by atoms with Crippen LogP contribution in [0, 0.1) is 11.6 Å². The van der Waals surface area contributed by atoms with Gasteiger partial charge in [-0.05, 0) is 28.9 Å². The van der Waals surface area contributed by atoms with E-state index in [9.17, 15) is 13.6 Å². The Hall–Kier alpha value is -2.05. The molecule has 0 aliphatic heterocycles. The van der Waals surface area contributed by atoms with Crippen LogP contribution in [-0.4, -0.2) is 38.7 Å². The van der Waals surface area contributed by atoms with E-state index in [4.69, 9.17) is 5.11 Å². The van der Waals surface area contributed by atoms with Gasteiger partial charge < -0.3 is 15.7 Å². The summed E-state index contributed by atoms with van der Waals surface area (Å²) in [5.74, 6) is -1.15. The molecular formula is C16H14BrF2N5O2S2. The molecule has 7 nitrogen and oxygen atoms in total. The molecule has 0 saturated heterocycles. The van der Waals surface area contributed by atoms with E-state index in [0.29, 0.717) is 25.2 Å². The molecule has 2 aromatic heterocycles. The van der Waals surface area contributed by atoms with Crippen molar-refractivity contribution < 1.29 is 18.7 Å². The third-order valence-electron chi connectivity index (χ3n) is 3.54. The molecule has 1 aromatic carbocycles. The highest BCUT2D eigenvalue weighted by molar-refractivity contribution is 9.11. The lowest BCUT2D eigenvalue weighted by atomic mass is 10.2. The summed E-state index contributed by atoms with van der Waals surface area (Å²) in [4.78, 5) is 23.8. The number of carboxylic acid groups (broad SMARTS) is 1. The molecule has 1 atom stereocenters. The van der Waals surface area contributed by atoms with Crippen molar-refractivity contribution in [2.75, 3.05) is 11.9 Å². The fourth-order valence-corrected chi connectivity index (χ4v) is 4.42. The fourth-order valence-electron chi connectivity index (χ4n) is 2.27. The minimum Gasteiger partial charge on any atom is -0.465 e. The quantitative estimate of drug-likeness (QED) is 0.332. The number of anilines is 1. The molecule has 148 valence electrons. The Labute approximate surface area is 175 Å². The number of thiazole rings is 1. The first kappa shape index (κ1) is 20.7. The van der Waals surface area contributed by atoms with Gasteiger partial charge in [0, 0.05) is 23.9 Å². The maximum Gasteiger partial charge on any atom is 0.404 e. The van der Waals surface area contributed by atoms with Gasteiger partial charge in [-0.15, -0.1) is 11.3 Å². The van der Waals surface area contributed by atoms with Crippen molar-refractivity contribution in [1.29, 1.82) is 0 Å². The number of nitrogens with zero attached hydrogens (tertiary/aromatic N) is 3. The first-order chi connectivity index (χ1) is 13.3. The summed E-state index contributed by atoms with van der Waals surface area (Å²) in [7, 11) is 0. The number of aromatic nitrogens is 3. The SMILES string of the molecule is C[C@H](CNC(=O)O)Nc1nc(SCc2cccc(F)c2F)nc2nc(Br)sc12. The Kier molecular flexibility index (Phi) is 6.62. The molecular weight excluding hydrogens is 476 g/mol. The lowest BCUT2D eigenvalue weighted by Gasteiger charge is -2.15. The van der Waals surface area contributed by atoms with Crippen LogP contribution in [0.4, 0.5) is 19.4 Å². The molecule has 3 aromatic rings. The van der Waals surface area contributed by atoms with Gasteiger partial charge in [-0.2, -0.15) is 0 Å². The molecule has 0 saturated carbocycles. The molecule has 3 rings (SSSR count). The number of rotatable bonds is 7. The molecule has 0 unspecified atom stereocenters. The first-order valence-electron chi connectivity index (χ1n) is 7.96. The van der Waals surface area contributed by atoms with Crippen LogP contribution in [0.2, 0.25) is 0 Å². The Morgan fingerprint density at radius 3 is 2.89 bits per heavy atom. The molecule has 0 fully saturated rings. The van der Waals surface area contributed by atoms with Gasteiger partial charge in [0.15, 0.2) is 32.2 Å². The summed E-state index contributed by atoms with van der Waals surface area (Å²) in [5.41, 5.74) is 0.664. The van der Waals surface area contributed by atoms with E-state index < -0.39 is 17.7 Å². The number of hydrogen-bond donors (Lipinski definition) is 3. The number of hydrogen-bond acceptors (Lipinski definition) is 7. The summed E-state index contributed by atoms with van der Waals surface area (Å²) >= 11 is 5.80. The summed E-state index contributed by atoms with van der Waals surface area (Å²) in [6.45, 7) is 1.98. The average Bonchev–Trinajstić information content (AvgIpc) is 3.02. The predicted molar refractivity (Wildman–Crippen MR) is 108 cm³/mol. The van der Waals surface area contributed by atoms with Crippen molar-refractivity contribution in [2.24, 2.45) is 0 Å². The lowest BCUT2D eigenvalue weighted by molar-refractivity contribution is 0.194. The van der Waals surface area contributed by atoms with Crippen molar-refractivity contribution in [3.63, 3.8) is 0 Å². The minimum atomic E-state index is -1.12. The van der Waals surface area contributed by atoms with E-state index >= 15 is 0 Å². The highest BCUT2D eigenvalue weighted by Gasteiger charge is 2.16. The number of fused-ring (bicyclic) bond motifs is 1. The van der Waals surface area contributed by atoms with Gasteiger partial charge in [-0.3, -0.25) is 0 Å². The van der Waals surface area contributed by atoms with Gasteiger partial charge in [-0.1, -0.05) is 23.9 Å². The zero-order valence-electron chi connectivity index (χ0n) is 14.4. The van der Waals surface area contributed by atoms with E-state index in [1.807, 2.05) is 0 Å². The van der Waals surface area contributed by atoms with Crippen molar-refractivity contribution in [3.8, 4) is 0 Å². The molecule has 12 heteroatoms. The largest absolute Gasteiger partial charge is 0.465 e. The highest BCUT2D eigenvalue weighted by atomic mass is 79.9. The number of halogens is 3. The van der Waals surface area contributed by atoms with Crippen LogP contribution < -0.4 is 10.6 Å². The van der Waals surface area contributed by atoms with Gasteiger partial charge >= 0.3 is 6.09 Å². The van der Waals surface area contributed by atoms with E-state index in [0.717, 1.165) is 17.8 Å². The van der Waals surface area contributed by atoms with Crippen LogP contribution in [0.3, 0.4) is 0 Å². The molecule has 28 heavy (non-hydrogen) atoms. The van der Waals surface area contributed by atoms with Gasteiger partial charge in [0.05, 0.1) is 0 Å². The second-order valence-electron chi connectivity index (χ2n) is 5.71. The van der Waals surface area contributed by atoms with Crippen LogP contribution in [-0.2, 0) is 5.75 Å². The number of thioether (sulfide) groups is 1. The van der Waals surface area contributed by atoms with Gasteiger partial charge in [0.2, 0.25) is 0 Å². The second kappa shape index (κ2) is 8.97. The highest BCUT2D eigenvalue weighted by Crippen LogP contribution is 2.33. The number of carbonyl (C=O) groups is 1. The fraction of sp³-hybridized carbons (Fsp3) is 0.250. The molecule has 0 spiro atoms. The third kappa shape index (κ3) is 5.06. The Balaban J connectivity index is 1.82. The second-order valence-corrected chi connectivity index (χ2v) is 8.93. The summed E-state index contributed by atoms with van der Waals surface area (Å²) < 4.78 is 28.5. The Morgan fingerprint density at radius 2 is 2.14 bits per heavy atom. The minimum absolute atomic E-state index is 0.149. The van der Waals surface area contributed by atoms with E-state index in [1.165, 1.54) is 23.5 Å². The summed E-state index contributed by atoms with van der Waals surface area (Å²) in [5, 5.41) is 14.5. The van der Waals surface area contributed by atoms with E-state index in [-0.39, 0.29) is 23.9 Å². The standard InChI is InChI=1S/C16H14BrF2N5O2S2/c1-7(5-20-16(25)26)21-12-11-13(22-14(17)28-11)24-15(23-12)27-6-8-3-2-4-9(18)10(8)19/h2-4,7,20H,5-6H2,1H3,(H,25,26)(H,21,23,24)/t7-/m1/s1. The Bertz CT molecular complexity index is 1020. The topological polar surface area (TPSA) is 100 Å². The molecule has 0 bridgehead atoms. The van der Waals surface area contributed by atoms with Gasteiger partial charge in [0.25, 0.3) is 0 Å². The molecule has 2 heterocycles. The van der Waals surface area contributed by atoms with E-state index in [1.54, 1.807) is 6.92 Å². The molecule has 0 radical (unpaired) electrons. The number of amides is 1. The van der Waals surface area contributed by atoms with E-state index in [2.05, 4.69) is 41.5 Å². The van der Waals surface area contributed by atoms with Gasteiger partial charge in [0.1, 0.15) is 4.70 Å². The monoisotopic (exact) mass is 489 g/mol. The van der Waals surface area contributed by atoms with Crippen LogP contribution in [0.15, 0.2) is 27.3 Å². The predicted octanol–water partition coefficient (Wildman–Crippen LogP) is 4.49. The Morgan fingerprint density at radius 1 is 1.36 bits per heavy atom. The molecule has 1 amide bonds. The number of benzene rings is 1. The zero-order chi connectivity index (χ0) is 20.3. The molecule has 0 aliphatic rings. The van der Waals surface area contributed by atoms with Crippen molar-refractivity contribution >= 4 is 61.3 Å². The van der Waals surface area contributed by atoms with Crippen molar-refractivity contribution in [2.45, 2.75) is 23.9 Å². The maximum absolute atomic E-state index is 13.8. The first-order valence-corrected chi connectivity index (χ1v) is 10.6. The smallest absolute Gasteiger partial charge is 0.404 e. The maximum atomic E-state index is 13.8. The third-order valence-corrected chi connectivity index (χ3v) is 5.94. The molecule has 0 aliphatic carbocycles.